The number of hydrogen-bond acceptors (Lipinski definition) is 7. The number of nitrogens with zero attached hydrogens (tertiary/aromatic N) is 4. The van der Waals surface area contributed by atoms with Crippen molar-refractivity contribution in [2.75, 3.05) is 13.2 Å². The smallest absolute Gasteiger partial charge is 0.242 e. The average molecular weight is 515 g/mol. The molecule has 0 amide bonds. The maximum Gasteiger partial charge on any atom is 0.242 e. The molecule has 0 bridgehead atoms. The van der Waals surface area contributed by atoms with E-state index in [1.54, 1.807) is 12.4 Å². The van der Waals surface area contributed by atoms with Crippen LogP contribution in [0.2, 0.25) is 0 Å². The van der Waals surface area contributed by atoms with Crippen molar-refractivity contribution in [3.8, 4) is 0 Å². The van der Waals surface area contributed by atoms with Gasteiger partial charge in [0, 0.05) is 42.3 Å². The molecule has 10 heteroatoms. The summed E-state index contributed by atoms with van der Waals surface area (Å²) in [6.45, 7) is -0.0279. The molecule has 1 aliphatic carbocycles. The van der Waals surface area contributed by atoms with Crippen molar-refractivity contribution in [2.24, 2.45) is 15.9 Å². The Labute approximate surface area is 215 Å². The van der Waals surface area contributed by atoms with Crippen molar-refractivity contribution in [3.63, 3.8) is 0 Å². The van der Waals surface area contributed by atoms with Crippen LogP contribution in [0.25, 0.3) is 0 Å². The number of aromatic nitrogens is 2. The Hall–Kier alpha value is -3.99. The number of sulfonamides is 1. The lowest BCUT2D eigenvalue weighted by Gasteiger charge is -2.34. The minimum absolute atomic E-state index is 0.0169. The van der Waals surface area contributed by atoms with E-state index in [0.717, 1.165) is 17.0 Å². The molecule has 0 radical (unpaired) electrons. The summed E-state index contributed by atoms with van der Waals surface area (Å²) in [5.74, 6) is 0.951. The van der Waals surface area contributed by atoms with Gasteiger partial charge < -0.3 is 10.4 Å². The third-order valence-corrected chi connectivity index (χ3v) is 7.50. The predicted molar refractivity (Wildman–Crippen MR) is 141 cm³/mol. The van der Waals surface area contributed by atoms with Gasteiger partial charge in [0.05, 0.1) is 24.8 Å². The maximum absolute atomic E-state index is 12.6. The van der Waals surface area contributed by atoms with Crippen molar-refractivity contribution in [2.45, 2.75) is 17.4 Å². The second-order valence-corrected chi connectivity index (χ2v) is 10.3. The summed E-state index contributed by atoms with van der Waals surface area (Å²) in [7, 11) is -3.83. The van der Waals surface area contributed by atoms with Crippen LogP contribution in [0, 0.1) is 5.92 Å². The summed E-state index contributed by atoms with van der Waals surface area (Å²) in [6, 6.07) is 17.4. The first-order chi connectivity index (χ1) is 18.0. The highest BCUT2D eigenvalue weighted by atomic mass is 32.2. The number of amidine groups is 2. The van der Waals surface area contributed by atoms with E-state index in [1.165, 1.54) is 12.3 Å². The van der Waals surface area contributed by atoms with E-state index in [4.69, 9.17) is 15.1 Å². The van der Waals surface area contributed by atoms with Gasteiger partial charge in [-0.3, -0.25) is 15.0 Å². The Bertz CT molecular complexity index is 1480. The molecular formula is C27H26N6O3S. The van der Waals surface area contributed by atoms with E-state index in [2.05, 4.69) is 38.2 Å². The molecule has 0 spiro atoms. The minimum Gasteiger partial charge on any atom is -0.395 e. The number of aliphatic imine (C=N–C) groups is 2. The van der Waals surface area contributed by atoms with Gasteiger partial charge in [-0.15, -0.1) is 0 Å². The molecule has 2 aromatic heterocycles. The lowest BCUT2D eigenvalue weighted by Crippen LogP contribution is -2.40. The van der Waals surface area contributed by atoms with Crippen LogP contribution in [-0.4, -0.2) is 48.3 Å². The highest BCUT2D eigenvalue weighted by Crippen LogP contribution is 2.37. The quantitative estimate of drug-likeness (QED) is 0.424. The zero-order chi connectivity index (χ0) is 25.7. The molecule has 1 aromatic carbocycles. The van der Waals surface area contributed by atoms with Crippen LogP contribution in [0.15, 0.2) is 112 Å². The monoisotopic (exact) mass is 514 g/mol. The molecule has 5 rings (SSSR count). The SMILES string of the molecule is O=S(=O)(NCCO)c1cncc(C2=NC(=NCc3ccccn3)C3C(=CC=CC3c3ccccc3)N2)c1. The van der Waals surface area contributed by atoms with Crippen molar-refractivity contribution in [1.29, 1.82) is 0 Å². The number of benzene rings is 1. The van der Waals surface area contributed by atoms with Crippen molar-refractivity contribution >= 4 is 21.7 Å². The summed E-state index contributed by atoms with van der Waals surface area (Å²) in [6.07, 6.45) is 10.7. The fraction of sp³-hybridized carbons (Fsp3) is 0.185. The number of hydrogen-bond donors (Lipinski definition) is 3. The first kappa shape index (κ1) is 24.7. The zero-order valence-electron chi connectivity index (χ0n) is 19.9. The van der Waals surface area contributed by atoms with E-state index in [9.17, 15) is 8.42 Å². The Kier molecular flexibility index (Phi) is 7.31. The third kappa shape index (κ3) is 5.56. The predicted octanol–water partition coefficient (Wildman–Crippen LogP) is 2.55. The second-order valence-electron chi connectivity index (χ2n) is 8.53. The largest absolute Gasteiger partial charge is 0.395 e. The van der Waals surface area contributed by atoms with Crippen LogP contribution in [0.1, 0.15) is 22.7 Å². The number of aliphatic hydroxyl groups is 1. The molecule has 3 aromatic rings. The molecule has 1 aliphatic heterocycles. The first-order valence-electron chi connectivity index (χ1n) is 11.8. The topological polar surface area (TPSA) is 129 Å². The fourth-order valence-corrected chi connectivity index (χ4v) is 5.32. The third-order valence-electron chi connectivity index (χ3n) is 6.07. The molecule has 2 aliphatic rings. The van der Waals surface area contributed by atoms with Crippen LogP contribution in [-0.2, 0) is 16.6 Å². The number of pyridine rings is 2. The van der Waals surface area contributed by atoms with Gasteiger partial charge in [0.2, 0.25) is 10.0 Å². The number of aliphatic hydroxyl groups excluding tert-OH is 1. The molecule has 0 saturated carbocycles. The number of nitrogens with one attached hydrogen (secondary N) is 2. The fourth-order valence-electron chi connectivity index (χ4n) is 4.32. The summed E-state index contributed by atoms with van der Waals surface area (Å²) >= 11 is 0. The molecule has 3 N–H and O–H groups in total. The summed E-state index contributed by atoms with van der Waals surface area (Å²) in [5, 5.41) is 12.4. The Morgan fingerprint density at radius 2 is 1.92 bits per heavy atom. The normalized spacial score (nSPS) is 20.1. The highest BCUT2D eigenvalue weighted by Gasteiger charge is 2.35. The molecule has 0 fully saturated rings. The van der Waals surface area contributed by atoms with Gasteiger partial charge in [-0.25, -0.2) is 18.1 Å². The molecule has 3 heterocycles. The van der Waals surface area contributed by atoms with Gasteiger partial charge >= 0.3 is 0 Å². The molecular weight excluding hydrogens is 488 g/mol. The van der Waals surface area contributed by atoms with Gasteiger partial charge in [0.25, 0.3) is 0 Å². The average Bonchev–Trinajstić information content (AvgIpc) is 2.95. The van der Waals surface area contributed by atoms with Crippen molar-refractivity contribution in [3.05, 3.63) is 114 Å². The molecule has 188 valence electrons. The second kappa shape index (κ2) is 11.0. The Morgan fingerprint density at radius 3 is 2.70 bits per heavy atom. The van der Waals surface area contributed by atoms with Gasteiger partial charge in [0.15, 0.2) is 0 Å². The first-order valence-corrected chi connectivity index (χ1v) is 13.3. The molecule has 37 heavy (non-hydrogen) atoms. The van der Waals surface area contributed by atoms with Gasteiger partial charge in [-0.05, 0) is 29.8 Å². The van der Waals surface area contributed by atoms with E-state index in [0.29, 0.717) is 23.8 Å². The van der Waals surface area contributed by atoms with E-state index in [1.807, 2.05) is 48.6 Å². The zero-order valence-corrected chi connectivity index (χ0v) is 20.7. The van der Waals surface area contributed by atoms with Gasteiger partial charge in [-0.1, -0.05) is 48.6 Å². The van der Waals surface area contributed by atoms with Crippen molar-refractivity contribution < 1.29 is 13.5 Å². The summed E-state index contributed by atoms with van der Waals surface area (Å²) < 4.78 is 27.6. The minimum atomic E-state index is -3.83. The van der Waals surface area contributed by atoms with E-state index >= 15 is 0 Å². The van der Waals surface area contributed by atoms with E-state index in [-0.39, 0.29) is 29.9 Å². The number of rotatable bonds is 8. The van der Waals surface area contributed by atoms with Crippen LogP contribution in [0.5, 0.6) is 0 Å². The van der Waals surface area contributed by atoms with E-state index < -0.39 is 10.0 Å². The summed E-state index contributed by atoms with van der Waals surface area (Å²) in [4.78, 5) is 18.2. The molecule has 2 unspecified atom stereocenters. The molecule has 0 saturated heterocycles. The highest BCUT2D eigenvalue weighted by molar-refractivity contribution is 7.89. The lowest BCUT2D eigenvalue weighted by atomic mass is 9.79. The Morgan fingerprint density at radius 1 is 1.08 bits per heavy atom. The molecule has 2 atom stereocenters. The van der Waals surface area contributed by atoms with Crippen LogP contribution in [0.3, 0.4) is 0 Å². The van der Waals surface area contributed by atoms with Crippen LogP contribution in [0.4, 0.5) is 0 Å². The van der Waals surface area contributed by atoms with Crippen LogP contribution < -0.4 is 10.0 Å². The van der Waals surface area contributed by atoms with Gasteiger partial charge in [-0.2, -0.15) is 0 Å². The number of fused-ring (bicyclic) bond motifs is 1. The van der Waals surface area contributed by atoms with Crippen LogP contribution >= 0.6 is 0 Å². The summed E-state index contributed by atoms with van der Waals surface area (Å²) in [5.41, 5.74) is 3.38. The maximum atomic E-state index is 12.6. The van der Waals surface area contributed by atoms with Gasteiger partial charge in [0.1, 0.15) is 16.6 Å². The van der Waals surface area contributed by atoms with Crippen molar-refractivity contribution in [1.82, 2.24) is 20.0 Å². The Balaban J connectivity index is 1.55. The lowest BCUT2D eigenvalue weighted by molar-refractivity contribution is 0.301. The number of allylic oxidation sites excluding steroid dienone is 3. The molecule has 9 nitrogen and oxygen atoms in total. The standard InChI is InChI=1S/C27H26N6O3S/c34-14-13-31-37(35,36)22-15-20(16-28-18-22)26-32-24-11-6-10-23(19-7-2-1-3-8-19)25(24)27(33-26)30-17-21-9-4-5-12-29-21/h1-12,15-16,18,23,25,31,34H,13-14,17H2,(H,30,32,33).